The maximum atomic E-state index is 12.3. The second-order valence-corrected chi connectivity index (χ2v) is 7.95. The zero-order chi connectivity index (χ0) is 14.1. The Balaban J connectivity index is 2.03. The van der Waals surface area contributed by atoms with Crippen molar-refractivity contribution in [2.45, 2.75) is 12.7 Å². The van der Waals surface area contributed by atoms with Crippen LogP contribution in [0.1, 0.15) is 12.5 Å². The summed E-state index contributed by atoms with van der Waals surface area (Å²) in [5, 5.41) is 0.605. The van der Waals surface area contributed by atoms with Crippen molar-refractivity contribution in [1.29, 1.82) is 0 Å². The number of benzene rings is 1. The van der Waals surface area contributed by atoms with Gasteiger partial charge in [-0.2, -0.15) is 0 Å². The molecule has 1 aliphatic rings. The lowest BCUT2D eigenvalue weighted by atomic mass is 9.89. The smallest absolute Gasteiger partial charge is 0.218 e. The van der Waals surface area contributed by atoms with Crippen LogP contribution in [0.5, 0.6) is 0 Å². The zero-order valence-corrected chi connectivity index (χ0v) is 12.7. The Kier molecular flexibility index (Phi) is 4.20. The molecule has 0 unspecified atom stereocenters. The lowest BCUT2D eigenvalue weighted by Gasteiger charge is -2.40. The maximum absolute atomic E-state index is 12.3. The molecule has 6 heteroatoms. The van der Waals surface area contributed by atoms with E-state index in [0.717, 1.165) is 5.56 Å². The Morgan fingerprint density at radius 3 is 2.37 bits per heavy atom. The van der Waals surface area contributed by atoms with Crippen molar-refractivity contribution in [3.8, 4) is 0 Å². The summed E-state index contributed by atoms with van der Waals surface area (Å²) in [6.45, 7) is 3.76. The summed E-state index contributed by atoms with van der Waals surface area (Å²) in [4.78, 5) is 0. The number of hydrogen-bond donors (Lipinski definition) is 0. The summed E-state index contributed by atoms with van der Waals surface area (Å²) in [6, 6.07) is 6.88. The Morgan fingerprint density at radius 1 is 1.32 bits per heavy atom. The third-order valence-corrected chi connectivity index (χ3v) is 5.27. The van der Waals surface area contributed by atoms with E-state index in [-0.39, 0.29) is 11.2 Å². The molecule has 0 aromatic heterocycles. The van der Waals surface area contributed by atoms with Crippen LogP contribution < -0.4 is 0 Å². The molecule has 0 atom stereocenters. The van der Waals surface area contributed by atoms with Crippen molar-refractivity contribution >= 4 is 21.6 Å². The summed E-state index contributed by atoms with van der Waals surface area (Å²) in [5.74, 6) is -0.00237. The minimum absolute atomic E-state index is 0.00237. The van der Waals surface area contributed by atoms with Crippen LogP contribution in [0, 0.1) is 5.41 Å². The van der Waals surface area contributed by atoms with Gasteiger partial charge >= 0.3 is 0 Å². The van der Waals surface area contributed by atoms with Gasteiger partial charge in [0, 0.05) is 24.0 Å². The van der Waals surface area contributed by atoms with E-state index in [1.54, 1.807) is 31.3 Å². The van der Waals surface area contributed by atoms with Crippen molar-refractivity contribution in [3.05, 3.63) is 34.9 Å². The van der Waals surface area contributed by atoms with Crippen LogP contribution in [0.4, 0.5) is 0 Å². The number of sulfonamides is 1. The molecule has 2 rings (SSSR count). The molecule has 1 aliphatic heterocycles. The molecule has 19 heavy (non-hydrogen) atoms. The molecule has 0 saturated carbocycles. The molecule has 0 N–H and O–H groups in total. The quantitative estimate of drug-likeness (QED) is 0.837. The van der Waals surface area contributed by atoms with Crippen molar-refractivity contribution in [2.24, 2.45) is 5.41 Å². The highest BCUT2D eigenvalue weighted by Crippen LogP contribution is 2.28. The second-order valence-electron chi connectivity index (χ2n) is 5.44. The Hall–Kier alpha value is -0.620. The number of hydrogen-bond acceptors (Lipinski definition) is 3. The first-order valence-corrected chi connectivity index (χ1v) is 8.06. The molecule has 1 aromatic carbocycles. The number of ether oxygens (including phenoxy) is 1. The van der Waals surface area contributed by atoms with E-state index in [2.05, 4.69) is 0 Å². The fourth-order valence-electron chi connectivity index (χ4n) is 2.08. The van der Waals surface area contributed by atoms with E-state index in [4.69, 9.17) is 16.3 Å². The normalized spacial score (nSPS) is 18.3. The average molecular weight is 304 g/mol. The second kappa shape index (κ2) is 5.40. The van der Waals surface area contributed by atoms with Crippen LogP contribution in [0.25, 0.3) is 0 Å². The van der Waals surface area contributed by atoms with Gasteiger partial charge in [0.25, 0.3) is 0 Å². The van der Waals surface area contributed by atoms with Crippen LogP contribution in [0.15, 0.2) is 24.3 Å². The molecule has 0 spiro atoms. The van der Waals surface area contributed by atoms with Crippen LogP contribution in [0.3, 0.4) is 0 Å². The first-order valence-electron chi connectivity index (χ1n) is 6.07. The summed E-state index contributed by atoms with van der Waals surface area (Å²) >= 11 is 5.79. The van der Waals surface area contributed by atoms with Gasteiger partial charge in [-0.25, -0.2) is 12.7 Å². The van der Waals surface area contributed by atoms with Crippen LogP contribution in [-0.2, 0) is 20.5 Å². The average Bonchev–Trinajstić information content (AvgIpc) is 2.30. The van der Waals surface area contributed by atoms with Gasteiger partial charge in [-0.1, -0.05) is 30.7 Å². The van der Waals surface area contributed by atoms with E-state index in [1.165, 1.54) is 4.31 Å². The molecule has 1 aromatic rings. The van der Waals surface area contributed by atoms with Crippen LogP contribution in [-0.4, -0.2) is 39.5 Å². The van der Waals surface area contributed by atoms with Gasteiger partial charge < -0.3 is 4.74 Å². The predicted octanol–water partition coefficient (Wildman–Crippen LogP) is 2.14. The number of nitrogens with zero attached hydrogens (tertiary/aromatic N) is 1. The molecule has 1 heterocycles. The Labute approximate surface area is 119 Å². The third-order valence-electron chi connectivity index (χ3n) is 3.24. The van der Waals surface area contributed by atoms with E-state index in [0.29, 0.717) is 24.8 Å². The largest absolute Gasteiger partial charge is 0.380 e. The molecule has 1 saturated heterocycles. The summed E-state index contributed by atoms with van der Waals surface area (Å²) < 4.78 is 31.1. The molecule has 0 bridgehead atoms. The number of rotatable bonds is 5. The van der Waals surface area contributed by atoms with Crippen molar-refractivity contribution in [2.75, 3.05) is 26.8 Å². The highest BCUT2D eigenvalue weighted by atomic mass is 35.5. The Morgan fingerprint density at radius 2 is 1.89 bits per heavy atom. The SMILES string of the molecule is CN(CC1(C)COC1)S(=O)(=O)Cc1ccc(Cl)cc1. The lowest BCUT2D eigenvalue weighted by Crippen LogP contribution is -2.49. The standard InChI is InChI=1S/C13H18ClNO3S/c1-13(9-18-10-13)8-15(2)19(16,17)7-11-3-5-12(14)6-4-11/h3-6H,7-10H2,1-2H3. The topological polar surface area (TPSA) is 46.6 Å². The molecule has 0 radical (unpaired) electrons. The molecule has 106 valence electrons. The van der Waals surface area contributed by atoms with Gasteiger partial charge in [0.1, 0.15) is 0 Å². The van der Waals surface area contributed by atoms with Crippen molar-refractivity contribution < 1.29 is 13.2 Å². The van der Waals surface area contributed by atoms with E-state index < -0.39 is 10.0 Å². The summed E-state index contributed by atoms with van der Waals surface area (Å²) in [7, 11) is -1.68. The van der Waals surface area contributed by atoms with Gasteiger partial charge in [0.15, 0.2) is 0 Å². The molecular weight excluding hydrogens is 286 g/mol. The summed E-state index contributed by atoms with van der Waals surface area (Å²) in [6.07, 6.45) is 0. The van der Waals surface area contributed by atoms with E-state index in [9.17, 15) is 8.42 Å². The highest BCUT2D eigenvalue weighted by Gasteiger charge is 2.37. The molecule has 1 fully saturated rings. The molecule has 0 amide bonds. The highest BCUT2D eigenvalue weighted by molar-refractivity contribution is 7.88. The van der Waals surface area contributed by atoms with Crippen molar-refractivity contribution in [1.82, 2.24) is 4.31 Å². The zero-order valence-electron chi connectivity index (χ0n) is 11.1. The van der Waals surface area contributed by atoms with Crippen molar-refractivity contribution in [3.63, 3.8) is 0 Å². The van der Waals surface area contributed by atoms with Gasteiger partial charge in [0.2, 0.25) is 10.0 Å². The molecule has 0 aliphatic carbocycles. The predicted molar refractivity (Wildman–Crippen MR) is 75.6 cm³/mol. The van der Waals surface area contributed by atoms with Gasteiger partial charge in [-0.05, 0) is 17.7 Å². The van der Waals surface area contributed by atoms with Crippen LogP contribution in [0.2, 0.25) is 5.02 Å². The molecule has 4 nitrogen and oxygen atoms in total. The fraction of sp³-hybridized carbons (Fsp3) is 0.538. The van der Waals surface area contributed by atoms with Gasteiger partial charge in [-0.3, -0.25) is 0 Å². The molecular formula is C13H18ClNO3S. The lowest BCUT2D eigenvalue weighted by molar-refractivity contribution is -0.106. The fourth-order valence-corrected chi connectivity index (χ4v) is 3.55. The minimum Gasteiger partial charge on any atom is -0.380 e. The first kappa shape index (κ1) is 14.8. The van der Waals surface area contributed by atoms with Gasteiger partial charge in [0.05, 0.1) is 19.0 Å². The van der Waals surface area contributed by atoms with E-state index in [1.807, 2.05) is 6.92 Å². The monoisotopic (exact) mass is 303 g/mol. The number of halogens is 1. The van der Waals surface area contributed by atoms with Crippen LogP contribution >= 0.6 is 11.6 Å². The third kappa shape index (κ3) is 3.69. The Bertz CT molecular complexity index is 538. The maximum Gasteiger partial charge on any atom is 0.218 e. The summed E-state index contributed by atoms with van der Waals surface area (Å²) in [5.41, 5.74) is 0.688. The van der Waals surface area contributed by atoms with Gasteiger partial charge in [-0.15, -0.1) is 0 Å². The first-order chi connectivity index (χ1) is 8.81. The van der Waals surface area contributed by atoms with E-state index >= 15 is 0 Å². The minimum atomic E-state index is -3.30.